The van der Waals surface area contributed by atoms with Gasteiger partial charge in [-0.2, -0.15) is 0 Å². The van der Waals surface area contributed by atoms with Gasteiger partial charge in [0.05, 0.1) is 9.79 Å². The molecule has 1 fully saturated rings. The van der Waals surface area contributed by atoms with Crippen molar-refractivity contribution in [1.82, 2.24) is 4.72 Å². The first kappa shape index (κ1) is 20.4. The average molecular weight is 383 g/mol. The second-order valence-corrected chi connectivity index (χ2v) is 9.63. The lowest BCUT2D eigenvalue weighted by atomic mass is 10.2. The fourth-order valence-corrected chi connectivity index (χ4v) is 5.35. The van der Waals surface area contributed by atoms with Crippen molar-refractivity contribution in [3.63, 3.8) is 0 Å². The van der Waals surface area contributed by atoms with E-state index in [0.717, 1.165) is 19.1 Å². The van der Waals surface area contributed by atoms with Crippen LogP contribution >= 0.6 is 12.4 Å². The summed E-state index contributed by atoms with van der Waals surface area (Å²) in [4.78, 5) is 0.0515. The summed E-state index contributed by atoms with van der Waals surface area (Å²) in [6.07, 6.45) is 3.00. The molecule has 0 saturated heterocycles. The largest absolute Gasteiger partial charge is 0.329 e. The van der Waals surface area contributed by atoms with Crippen LogP contribution in [-0.2, 0) is 19.9 Å². The summed E-state index contributed by atoms with van der Waals surface area (Å²) in [6, 6.07) is 2.68. The first-order chi connectivity index (χ1) is 10.1. The Morgan fingerprint density at radius 3 is 2.13 bits per heavy atom. The smallest absolute Gasteiger partial charge is 0.241 e. The van der Waals surface area contributed by atoms with Gasteiger partial charge in [-0.1, -0.05) is 0 Å². The number of sulfone groups is 1. The van der Waals surface area contributed by atoms with E-state index in [2.05, 4.69) is 4.72 Å². The fourth-order valence-electron chi connectivity index (χ4n) is 2.56. The maximum absolute atomic E-state index is 12.6. The van der Waals surface area contributed by atoms with Crippen molar-refractivity contribution in [2.24, 2.45) is 11.7 Å². The summed E-state index contributed by atoms with van der Waals surface area (Å²) in [6.45, 7) is 3.42. The van der Waals surface area contributed by atoms with E-state index in [0.29, 0.717) is 5.56 Å². The molecular formula is C14H23ClN2O4S2. The summed E-state index contributed by atoms with van der Waals surface area (Å²) in [7, 11) is -7.30. The van der Waals surface area contributed by atoms with Crippen molar-refractivity contribution >= 4 is 32.3 Å². The minimum absolute atomic E-state index is 0. The maximum atomic E-state index is 12.6. The first-order valence-corrected chi connectivity index (χ1v) is 10.5. The zero-order valence-electron chi connectivity index (χ0n) is 13.4. The Hall–Kier alpha value is -0.670. The highest BCUT2D eigenvalue weighted by atomic mass is 35.5. The average Bonchev–Trinajstić information content (AvgIpc) is 3.21. The van der Waals surface area contributed by atoms with Gasteiger partial charge in [-0.05, 0) is 55.9 Å². The molecule has 1 atom stereocenters. The van der Waals surface area contributed by atoms with Crippen molar-refractivity contribution in [2.75, 3.05) is 12.8 Å². The molecule has 1 unspecified atom stereocenters. The van der Waals surface area contributed by atoms with Crippen LogP contribution in [0.25, 0.3) is 0 Å². The van der Waals surface area contributed by atoms with Crippen LogP contribution in [0.2, 0.25) is 0 Å². The third-order valence-electron chi connectivity index (χ3n) is 3.90. The molecule has 23 heavy (non-hydrogen) atoms. The Labute approximate surface area is 144 Å². The van der Waals surface area contributed by atoms with E-state index in [9.17, 15) is 16.8 Å². The van der Waals surface area contributed by atoms with Gasteiger partial charge in [-0.25, -0.2) is 21.6 Å². The zero-order chi connectivity index (χ0) is 16.7. The van der Waals surface area contributed by atoms with Crippen LogP contribution < -0.4 is 10.5 Å². The molecule has 1 saturated carbocycles. The van der Waals surface area contributed by atoms with Crippen molar-refractivity contribution < 1.29 is 16.8 Å². The number of nitrogens with one attached hydrogen (secondary N) is 1. The molecule has 2 rings (SSSR count). The van der Waals surface area contributed by atoms with E-state index in [4.69, 9.17) is 5.73 Å². The predicted molar refractivity (Wildman–Crippen MR) is 92.2 cm³/mol. The van der Waals surface area contributed by atoms with Crippen molar-refractivity contribution in [2.45, 2.75) is 42.5 Å². The number of hydrogen-bond donors (Lipinski definition) is 2. The fraction of sp³-hybridized carbons (Fsp3) is 0.571. The standard InChI is InChI=1S/C14H22N2O4S2.ClH/c1-9-6-13(21(3,17)18)10(2)14(7-9)22(19,20)16-12(8-15)11-4-5-11;/h6-7,11-12,16H,4-5,8,15H2,1-3H3;1H. The molecule has 1 aromatic carbocycles. The number of rotatable bonds is 6. The third-order valence-corrected chi connectivity index (χ3v) is 6.74. The van der Waals surface area contributed by atoms with Gasteiger partial charge in [0.1, 0.15) is 0 Å². The molecule has 0 heterocycles. The van der Waals surface area contributed by atoms with E-state index in [1.54, 1.807) is 6.92 Å². The molecule has 1 aromatic rings. The van der Waals surface area contributed by atoms with Gasteiger partial charge >= 0.3 is 0 Å². The first-order valence-electron chi connectivity index (χ1n) is 7.10. The van der Waals surface area contributed by atoms with Crippen molar-refractivity contribution in [3.8, 4) is 0 Å². The van der Waals surface area contributed by atoms with E-state index in [-0.39, 0.29) is 46.3 Å². The van der Waals surface area contributed by atoms with Gasteiger partial charge in [-0.15, -0.1) is 12.4 Å². The summed E-state index contributed by atoms with van der Waals surface area (Å²) in [5.74, 6) is 0.277. The Morgan fingerprint density at radius 1 is 1.17 bits per heavy atom. The number of nitrogens with two attached hydrogens (primary N) is 1. The van der Waals surface area contributed by atoms with Crippen LogP contribution in [0.5, 0.6) is 0 Å². The number of hydrogen-bond acceptors (Lipinski definition) is 5. The lowest BCUT2D eigenvalue weighted by molar-refractivity contribution is 0.518. The Morgan fingerprint density at radius 2 is 1.70 bits per heavy atom. The molecule has 0 aliphatic heterocycles. The minimum Gasteiger partial charge on any atom is -0.329 e. The lowest BCUT2D eigenvalue weighted by Gasteiger charge is -2.18. The monoisotopic (exact) mass is 382 g/mol. The van der Waals surface area contributed by atoms with Crippen LogP contribution in [0.15, 0.2) is 21.9 Å². The van der Waals surface area contributed by atoms with Crippen LogP contribution in [0.3, 0.4) is 0 Å². The molecule has 1 aliphatic rings. The Kier molecular flexibility index (Phi) is 6.26. The van der Waals surface area contributed by atoms with Gasteiger partial charge in [0, 0.05) is 18.8 Å². The van der Waals surface area contributed by atoms with Gasteiger partial charge in [0.2, 0.25) is 10.0 Å². The zero-order valence-corrected chi connectivity index (χ0v) is 15.8. The van der Waals surface area contributed by atoms with Crippen molar-refractivity contribution in [3.05, 3.63) is 23.3 Å². The number of benzene rings is 1. The van der Waals surface area contributed by atoms with Gasteiger partial charge in [0.25, 0.3) is 0 Å². The summed E-state index contributed by atoms with van der Waals surface area (Å²) >= 11 is 0. The molecule has 3 N–H and O–H groups in total. The molecule has 1 aliphatic carbocycles. The van der Waals surface area contributed by atoms with E-state index < -0.39 is 19.9 Å². The van der Waals surface area contributed by atoms with E-state index in [1.807, 2.05) is 0 Å². The second kappa shape index (κ2) is 7.06. The highest BCUT2D eigenvalue weighted by Crippen LogP contribution is 2.33. The SMILES string of the molecule is Cc1cc(S(C)(=O)=O)c(C)c(S(=O)(=O)NC(CN)C2CC2)c1.Cl. The molecule has 0 bridgehead atoms. The molecular weight excluding hydrogens is 360 g/mol. The summed E-state index contributed by atoms with van der Waals surface area (Å²) in [5, 5.41) is 0. The highest BCUT2D eigenvalue weighted by Gasteiger charge is 2.34. The second-order valence-electron chi connectivity index (χ2n) is 5.96. The molecule has 0 radical (unpaired) electrons. The Bertz CT molecular complexity index is 787. The van der Waals surface area contributed by atoms with Crippen LogP contribution in [0, 0.1) is 19.8 Å². The quantitative estimate of drug-likeness (QED) is 0.767. The van der Waals surface area contributed by atoms with Gasteiger partial charge in [-0.3, -0.25) is 0 Å². The van der Waals surface area contributed by atoms with E-state index >= 15 is 0 Å². The number of sulfonamides is 1. The van der Waals surface area contributed by atoms with E-state index in [1.165, 1.54) is 19.1 Å². The molecule has 132 valence electrons. The summed E-state index contributed by atoms with van der Waals surface area (Å²) in [5.41, 5.74) is 6.47. The predicted octanol–water partition coefficient (Wildman–Crippen LogP) is 1.14. The molecule has 0 aromatic heterocycles. The highest BCUT2D eigenvalue weighted by molar-refractivity contribution is 7.91. The molecule has 6 nitrogen and oxygen atoms in total. The summed E-state index contributed by atoms with van der Waals surface area (Å²) < 4.78 is 51.6. The minimum atomic E-state index is -3.81. The molecule has 0 amide bonds. The van der Waals surface area contributed by atoms with Crippen LogP contribution in [-0.4, -0.2) is 35.7 Å². The van der Waals surface area contributed by atoms with Gasteiger partial charge < -0.3 is 5.73 Å². The number of halogens is 1. The topological polar surface area (TPSA) is 106 Å². The normalized spacial score (nSPS) is 16.7. The molecule has 0 spiro atoms. The maximum Gasteiger partial charge on any atom is 0.241 e. The number of aryl methyl sites for hydroxylation is 1. The van der Waals surface area contributed by atoms with Crippen molar-refractivity contribution in [1.29, 1.82) is 0 Å². The molecule has 9 heteroatoms. The Balaban J connectivity index is 0.00000264. The third kappa shape index (κ3) is 4.67. The van der Waals surface area contributed by atoms with Crippen LogP contribution in [0.4, 0.5) is 0 Å². The van der Waals surface area contributed by atoms with Gasteiger partial charge in [0.15, 0.2) is 9.84 Å². The lowest BCUT2D eigenvalue weighted by Crippen LogP contribution is -2.41. The van der Waals surface area contributed by atoms with Crippen LogP contribution in [0.1, 0.15) is 24.0 Å².